The summed E-state index contributed by atoms with van der Waals surface area (Å²) >= 11 is 0. The van der Waals surface area contributed by atoms with Crippen LogP contribution in [0.5, 0.6) is 0 Å². The van der Waals surface area contributed by atoms with Gasteiger partial charge in [-0.05, 0) is 32.1 Å². The van der Waals surface area contributed by atoms with Crippen LogP contribution in [0.3, 0.4) is 0 Å². The molecule has 6 heteroatoms. The molecule has 0 aliphatic heterocycles. The van der Waals surface area contributed by atoms with Gasteiger partial charge in [-0.15, -0.1) is 0 Å². The summed E-state index contributed by atoms with van der Waals surface area (Å²) in [6.45, 7) is 0.330. The van der Waals surface area contributed by atoms with Crippen LogP contribution >= 0.6 is 0 Å². The third-order valence-electron chi connectivity index (χ3n) is 4.14. The van der Waals surface area contributed by atoms with E-state index in [0.29, 0.717) is 23.8 Å². The lowest BCUT2D eigenvalue weighted by atomic mass is 9.91. The Kier molecular flexibility index (Phi) is 3.18. The maximum Gasteiger partial charge on any atom is 0.276 e. The number of aromatic amines is 1. The number of aliphatic hydroxyl groups excluding tert-OH is 1. The van der Waals surface area contributed by atoms with Crippen molar-refractivity contribution in [1.82, 2.24) is 15.1 Å². The second-order valence-electron chi connectivity index (χ2n) is 5.48. The molecule has 1 heterocycles. The predicted molar refractivity (Wildman–Crippen MR) is 70.7 cm³/mol. The molecule has 2 aliphatic carbocycles. The lowest BCUT2D eigenvalue weighted by Crippen LogP contribution is -2.46. The molecular formula is C13H20N4O2. The van der Waals surface area contributed by atoms with Crippen molar-refractivity contribution >= 4 is 11.6 Å². The minimum atomic E-state index is -0.153. The van der Waals surface area contributed by atoms with Crippen LogP contribution in [0.1, 0.15) is 54.2 Å². The lowest BCUT2D eigenvalue weighted by Gasteiger charge is -2.36. The van der Waals surface area contributed by atoms with E-state index in [-0.39, 0.29) is 18.6 Å². The maximum absolute atomic E-state index is 12.5. The molecule has 0 saturated heterocycles. The molecule has 4 N–H and O–H groups in total. The molecule has 104 valence electrons. The van der Waals surface area contributed by atoms with Crippen LogP contribution in [0.4, 0.5) is 5.69 Å². The van der Waals surface area contributed by atoms with Gasteiger partial charge in [0.15, 0.2) is 5.69 Å². The summed E-state index contributed by atoms with van der Waals surface area (Å²) in [6.07, 6.45) is 5.38. The Balaban J connectivity index is 1.80. The third-order valence-corrected chi connectivity index (χ3v) is 4.14. The highest BCUT2D eigenvalue weighted by Crippen LogP contribution is 2.42. The first-order chi connectivity index (χ1) is 9.22. The van der Waals surface area contributed by atoms with E-state index in [2.05, 4.69) is 10.2 Å². The van der Waals surface area contributed by atoms with Gasteiger partial charge in [-0.1, -0.05) is 0 Å². The van der Waals surface area contributed by atoms with Crippen molar-refractivity contribution in [3.63, 3.8) is 0 Å². The summed E-state index contributed by atoms with van der Waals surface area (Å²) in [5.74, 6) is 0.295. The van der Waals surface area contributed by atoms with Crippen LogP contribution in [0, 0.1) is 0 Å². The fraction of sp³-hybridized carbons (Fsp3) is 0.692. The highest BCUT2D eigenvalue weighted by atomic mass is 16.3. The fourth-order valence-corrected chi connectivity index (χ4v) is 2.60. The van der Waals surface area contributed by atoms with Crippen LogP contribution in [-0.2, 0) is 0 Å². The molecule has 2 fully saturated rings. The first kappa shape index (κ1) is 12.5. The average molecular weight is 264 g/mol. The van der Waals surface area contributed by atoms with Crippen molar-refractivity contribution < 1.29 is 9.90 Å². The number of H-pyrrole nitrogens is 1. The minimum Gasteiger partial charge on any atom is -0.395 e. The van der Waals surface area contributed by atoms with Crippen LogP contribution in [0.15, 0.2) is 0 Å². The van der Waals surface area contributed by atoms with Gasteiger partial charge in [-0.2, -0.15) is 5.10 Å². The van der Waals surface area contributed by atoms with Crippen molar-refractivity contribution in [3.8, 4) is 0 Å². The normalized spacial score (nSPS) is 19.2. The molecule has 0 spiro atoms. The molecule has 6 nitrogen and oxygen atoms in total. The molecule has 0 bridgehead atoms. The van der Waals surface area contributed by atoms with Crippen molar-refractivity contribution in [2.24, 2.45) is 0 Å². The van der Waals surface area contributed by atoms with Crippen LogP contribution in [0.2, 0.25) is 0 Å². The van der Waals surface area contributed by atoms with Gasteiger partial charge in [0.25, 0.3) is 5.91 Å². The van der Waals surface area contributed by atoms with Gasteiger partial charge in [0.05, 0.1) is 18.0 Å². The number of nitrogens with zero attached hydrogens (tertiary/aromatic N) is 2. The largest absolute Gasteiger partial charge is 0.395 e. The third kappa shape index (κ3) is 2.20. The second-order valence-corrected chi connectivity index (χ2v) is 5.48. The summed E-state index contributed by atoms with van der Waals surface area (Å²) in [6, 6.07) is 0.236. The highest BCUT2D eigenvalue weighted by molar-refractivity contribution is 5.98. The van der Waals surface area contributed by atoms with E-state index in [1.807, 2.05) is 0 Å². The summed E-state index contributed by atoms with van der Waals surface area (Å²) in [5, 5.41) is 16.1. The van der Waals surface area contributed by atoms with E-state index in [0.717, 1.165) is 37.8 Å². The van der Waals surface area contributed by atoms with E-state index in [4.69, 9.17) is 10.8 Å². The van der Waals surface area contributed by atoms with E-state index in [9.17, 15) is 4.79 Å². The molecule has 0 unspecified atom stereocenters. The summed E-state index contributed by atoms with van der Waals surface area (Å²) < 4.78 is 0. The topological polar surface area (TPSA) is 95.2 Å². The molecule has 2 saturated carbocycles. The van der Waals surface area contributed by atoms with Gasteiger partial charge < -0.3 is 15.7 Å². The van der Waals surface area contributed by atoms with Gasteiger partial charge in [0, 0.05) is 18.5 Å². The lowest BCUT2D eigenvalue weighted by molar-refractivity contribution is 0.0521. The SMILES string of the molecule is Nc1c(C(=O)N(CCO)C2CCC2)n[nH]c1C1CC1. The summed E-state index contributed by atoms with van der Waals surface area (Å²) in [7, 11) is 0. The van der Waals surface area contributed by atoms with E-state index < -0.39 is 0 Å². The molecule has 1 amide bonds. The van der Waals surface area contributed by atoms with E-state index in [1.54, 1.807) is 4.90 Å². The first-order valence-electron chi connectivity index (χ1n) is 6.98. The number of nitrogen functional groups attached to an aromatic ring is 1. The van der Waals surface area contributed by atoms with Gasteiger partial charge in [-0.25, -0.2) is 0 Å². The number of amides is 1. The molecule has 19 heavy (non-hydrogen) atoms. The number of carbonyl (C=O) groups excluding carboxylic acids is 1. The molecule has 1 aromatic rings. The Hall–Kier alpha value is -1.56. The number of rotatable bonds is 5. The van der Waals surface area contributed by atoms with Gasteiger partial charge in [-0.3, -0.25) is 9.89 Å². The number of carbonyl (C=O) groups is 1. The van der Waals surface area contributed by atoms with Crippen molar-refractivity contribution in [2.45, 2.75) is 44.1 Å². The number of hydrogen-bond donors (Lipinski definition) is 3. The maximum atomic E-state index is 12.5. The number of nitrogens with two attached hydrogens (primary N) is 1. The predicted octanol–water partition coefficient (Wildman–Crippen LogP) is 0.856. The Labute approximate surface area is 112 Å². The molecule has 0 atom stereocenters. The highest BCUT2D eigenvalue weighted by Gasteiger charge is 2.34. The minimum absolute atomic E-state index is 0.0257. The van der Waals surface area contributed by atoms with Crippen LogP contribution in [0.25, 0.3) is 0 Å². The zero-order valence-electron chi connectivity index (χ0n) is 10.9. The zero-order valence-corrected chi connectivity index (χ0v) is 10.9. The average Bonchev–Trinajstić information content (AvgIpc) is 3.09. The number of anilines is 1. The van der Waals surface area contributed by atoms with Crippen LogP contribution < -0.4 is 5.73 Å². The standard InChI is InChI=1S/C13H20N4O2/c14-10-11(8-4-5-8)15-16-12(10)13(19)17(6-7-18)9-2-1-3-9/h8-9,18H,1-7,14H2,(H,15,16). The zero-order chi connectivity index (χ0) is 13.4. The summed E-state index contributed by atoms with van der Waals surface area (Å²) in [4.78, 5) is 14.2. The van der Waals surface area contributed by atoms with Crippen LogP contribution in [-0.4, -0.2) is 45.3 Å². The van der Waals surface area contributed by atoms with E-state index >= 15 is 0 Å². The smallest absolute Gasteiger partial charge is 0.276 e. The Morgan fingerprint density at radius 3 is 2.68 bits per heavy atom. The molecular weight excluding hydrogens is 244 g/mol. The molecule has 1 aromatic heterocycles. The molecule has 0 aromatic carbocycles. The molecule has 2 aliphatic rings. The first-order valence-corrected chi connectivity index (χ1v) is 6.98. The number of nitrogens with one attached hydrogen (secondary N) is 1. The molecule has 0 radical (unpaired) electrons. The summed E-state index contributed by atoms with van der Waals surface area (Å²) in [5.41, 5.74) is 7.76. The van der Waals surface area contributed by atoms with Gasteiger partial charge >= 0.3 is 0 Å². The van der Waals surface area contributed by atoms with Gasteiger partial charge in [0.2, 0.25) is 0 Å². The Bertz CT molecular complexity index is 477. The quantitative estimate of drug-likeness (QED) is 0.735. The Morgan fingerprint density at radius 2 is 2.16 bits per heavy atom. The van der Waals surface area contributed by atoms with Crippen molar-refractivity contribution in [3.05, 3.63) is 11.4 Å². The number of hydrogen-bond acceptors (Lipinski definition) is 4. The Morgan fingerprint density at radius 1 is 1.42 bits per heavy atom. The van der Waals surface area contributed by atoms with E-state index in [1.165, 1.54) is 0 Å². The number of aliphatic hydroxyl groups is 1. The van der Waals surface area contributed by atoms with Gasteiger partial charge in [0.1, 0.15) is 0 Å². The van der Waals surface area contributed by atoms with Crippen molar-refractivity contribution in [1.29, 1.82) is 0 Å². The number of aromatic nitrogens is 2. The fourth-order valence-electron chi connectivity index (χ4n) is 2.60. The monoisotopic (exact) mass is 264 g/mol. The molecule has 3 rings (SSSR count). The second kappa shape index (κ2) is 4.85. The van der Waals surface area contributed by atoms with Crippen molar-refractivity contribution in [2.75, 3.05) is 18.9 Å².